The van der Waals surface area contributed by atoms with Crippen molar-refractivity contribution >= 4 is 11.6 Å². The van der Waals surface area contributed by atoms with E-state index >= 15 is 0 Å². The van der Waals surface area contributed by atoms with Gasteiger partial charge in [0.25, 0.3) is 0 Å². The first-order chi connectivity index (χ1) is 11.3. The van der Waals surface area contributed by atoms with Crippen molar-refractivity contribution in [2.45, 2.75) is 39.4 Å². The second-order valence-corrected chi connectivity index (χ2v) is 6.02. The predicted molar refractivity (Wildman–Crippen MR) is 84.0 cm³/mol. The van der Waals surface area contributed by atoms with E-state index in [9.17, 15) is 18.0 Å². The number of hydrogen-bond acceptors (Lipinski definition) is 2. The summed E-state index contributed by atoms with van der Waals surface area (Å²) in [5.41, 5.74) is 3.45. The molecule has 2 aromatic rings. The van der Waals surface area contributed by atoms with E-state index in [0.29, 0.717) is 23.5 Å². The van der Waals surface area contributed by atoms with Gasteiger partial charge in [0.2, 0.25) is 5.91 Å². The molecular weight excluding hydrogens is 319 g/mol. The number of amides is 1. The summed E-state index contributed by atoms with van der Waals surface area (Å²) in [7, 11) is 0. The number of carbonyl (C=O) groups excluding carboxylic acids is 1. The lowest BCUT2D eigenvalue weighted by Gasteiger charge is -2.17. The van der Waals surface area contributed by atoms with E-state index in [1.165, 1.54) is 0 Å². The van der Waals surface area contributed by atoms with Gasteiger partial charge in [0.15, 0.2) is 0 Å². The van der Waals surface area contributed by atoms with Gasteiger partial charge in [-0.1, -0.05) is 18.2 Å². The van der Waals surface area contributed by atoms with Gasteiger partial charge in [-0.3, -0.25) is 9.48 Å². The van der Waals surface area contributed by atoms with Crippen LogP contribution in [-0.2, 0) is 24.2 Å². The van der Waals surface area contributed by atoms with Crippen LogP contribution in [0.5, 0.6) is 0 Å². The van der Waals surface area contributed by atoms with Crippen molar-refractivity contribution in [1.29, 1.82) is 0 Å². The van der Waals surface area contributed by atoms with E-state index in [1.54, 1.807) is 18.7 Å². The third-order valence-electron chi connectivity index (χ3n) is 4.38. The molecule has 1 aliphatic rings. The van der Waals surface area contributed by atoms with Crippen LogP contribution < -0.4 is 4.90 Å². The molecule has 1 aromatic carbocycles. The lowest BCUT2D eigenvalue weighted by Crippen LogP contribution is -2.30. The molecular formula is C17H18F3N3O. The molecule has 0 fully saturated rings. The average Bonchev–Trinajstić information content (AvgIpc) is 3.03. The summed E-state index contributed by atoms with van der Waals surface area (Å²) < 4.78 is 38.7. The summed E-state index contributed by atoms with van der Waals surface area (Å²) in [5.74, 6) is -0.113. The Balaban J connectivity index is 1.81. The van der Waals surface area contributed by atoms with E-state index < -0.39 is 12.7 Å². The van der Waals surface area contributed by atoms with Gasteiger partial charge in [0.05, 0.1) is 12.1 Å². The van der Waals surface area contributed by atoms with Gasteiger partial charge in [-0.2, -0.15) is 18.3 Å². The monoisotopic (exact) mass is 337 g/mol. The Morgan fingerprint density at radius 1 is 1.25 bits per heavy atom. The molecule has 0 unspecified atom stereocenters. The Hall–Kier alpha value is -2.31. The summed E-state index contributed by atoms with van der Waals surface area (Å²) >= 11 is 0. The quantitative estimate of drug-likeness (QED) is 0.863. The molecule has 0 spiro atoms. The lowest BCUT2D eigenvalue weighted by atomic mass is 10.1. The van der Waals surface area contributed by atoms with Crippen molar-refractivity contribution in [3.8, 4) is 0 Å². The number of aromatic nitrogens is 2. The standard InChI is InChI=1S/C17H18F3N3O/c1-11-14(12(2)23(21-11)10-17(18,19)20)9-16(24)22-8-7-13-5-3-4-6-15(13)22/h3-6H,7-10H2,1-2H3. The van der Waals surface area contributed by atoms with E-state index in [1.807, 2.05) is 24.3 Å². The summed E-state index contributed by atoms with van der Waals surface area (Å²) in [6.45, 7) is 2.68. The maximum Gasteiger partial charge on any atom is 0.408 e. The molecule has 1 aromatic heterocycles. The Kier molecular flexibility index (Phi) is 4.11. The minimum absolute atomic E-state index is 0.0594. The Morgan fingerprint density at radius 2 is 1.96 bits per heavy atom. The smallest absolute Gasteiger partial charge is 0.312 e. The maximum absolute atomic E-state index is 12.6. The molecule has 2 heterocycles. The second kappa shape index (κ2) is 5.96. The Morgan fingerprint density at radius 3 is 2.67 bits per heavy atom. The van der Waals surface area contributed by atoms with E-state index in [2.05, 4.69) is 5.10 Å². The molecule has 1 amide bonds. The van der Waals surface area contributed by atoms with Crippen molar-refractivity contribution < 1.29 is 18.0 Å². The molecule has 24 heavy (non-hydrogen) atoms. The summed E-state index contributed by atoms with van der Waals surface area (Å²) in [6, 6.07) is 7.69. The highest BCUT2D eigenvalue weighted by Gasteiger charge is 2.31. The molecule has 3 rings (SSSR count). The van der Waals surface area contributed by atoms with Crippen LogP contribution in [0.2, 0.25) is 0 Å². The number of alkyl halides is 3. The first-order valence-corrected chi connectivity index (χ1v) is 7.74. The normalized spacial score (nSPS) is 14.1. The van der Waals surface area contributed by atoms with Crippen LogP contribution in [0.4, 0.5) is 18.9 Å². The molecule has 7 heteroatoms. The van der Waals surface area contributed by atoms with Crippen molar-refractivity contribution in [1.82, 2.24) is 9.78 Å². The largest absolute Gasteiger partial charge is 0.408 e. The highest BCUT2D eigenvalue weighted by Crippen LogP contribution is 2.29. The minimum atomic E-state index is -4.33. The molecule has 4 nitrogen and oxygen atoms in total. The number of hydrogen-bond donors (Lipinski definition) is 0. The van der Waals surface area contributed by atoms with Crippen molar-refractivity contribution in [2.24, 2.45) is 0 Å². The molecule has 0 bridgehead atoms. The molecule has 0 aliphatic carbocycles. The number of aryl methyl sites for hydroxylation is 1. The number of carbonyl (C=O) groups is 1. The highest BCUT2D eigenvalue weighted by atomic mass is 19.4. The maximum atomic E-state index is 12.6. The topological polar surface area (TPSA) is 38.1 Å². The number of rotatable bonds is 3. The fraction of sp³-hybridized carbons (Fsp3) is 0.412. The number of anilines is 1. The molecule has 0 radical (unpaired) electrons. The molecule has 128 valence electrons. The van der Waals surface area contributed by atoms with Crippen molar-refractivity contribution in [3.05, 3.63) is 46.8 Å². The molecule has 1 aliphatic heterocycles. The SMILES string of the molecule is Cc1nn(CC(F)(F)F)c(C)c1CC(=O)N1CCc2ccccc21. The average molecular weight is 337 g/mol. The Bertz CT molecular complexity index is 780. The zero-order chi connectivity index (χ0) is 17.5. The minimum Gasteiger partial charge on any atom is -0.312 e. The molecule has 0 saturated carbocycles. The molecule has 0 N–H and O–H groups in total. The summed E-state index contributed by atoms with van der Waals surface area (Å²) in [4.78, 5) is 14.3. The zero-order valence-corrected chi connectivity index (χ0v) is 13.5. The first kappa shape index (κ1) is 16.5. The van der Waals surface area contributed by atoms with Crippen LogP contribution in [0.1, 0.15) is 22.5 Å². The van der Waals surface area contributed by atoms with E-state index in [-0.39, 0.29) is 12.3 Å². The van der Waals surface area contributed by atoms with Gasteiger partial charge in [0, 0.05) is 23.5 Å². The van der Waals surface area contributed by atoms with Gasteiger partial charge in [-0.05, 0) is 31.9 Å². The predicted octanol–water partition coefficient (Wildman–Crippen LogP) is 3.19. The van der Waals surface area contributed by atoms with Gasteiger partial charge in [0.1, 0.15) is 6.54 Å². The van der Waals surface area contributed by atoms with Crippen LogP contribution >= 0.6 is 0 Å². The number of nitrogens with zero attached hydrogens (tertiary/aromatic N) is 3. The number of para-hydroxylation sites is 1. The summed E-state index contributed by atoms with van der Waals surface area (Å²) in [5, 5.41) is 3.95. The van der Waals surface area contributed by atoms with Crippen LogP contribution in [0, 0.1) is 13.8 Å². The van der Waals surface area contributed by atoms with Gasteiger partial charge < -0.3 is 4.90 Å². The number of fused-ring (bicyclic) bond motifs is 1. The summed E-state index contributed by atoms with van der Waals surface area (Å²) in [6.07, 6.45) is -3.48. The van der Waals surface area contributed by atoms with Gasteiger partial charge in [-0.25, -0.2) is 0 Å². The molecule has 0 saturated heterocycles. The van der Waals surface area contributed by atoms with Crippen LogP contribution in [-0.4, -0.2) is 28.4 Å². The second-order valence-electron chi connectivity index (χ2n) is 6.02. The van der Waals surface area contributed by atoms with E-state index in [4.69, 9.17) is 0 Å². The fourth-order valence-corrected chi connectivity index (χ4v) is 3.16. The highest BCUT2D eigenvalue weighted by molar-refractivity contribution is 5.96. The molecule has 0 atom stereocenters. The van der Waals surface area contributed by atoms with Crippen molar-refractivity contribution in [3.63, 3.8) is 0 Å². The van der Waals surface area contributed by atoms with Crippen LogP contribution in [0.3, 0.4) is 0 Å². The van der Waals surface area contributed by atoms with Crippen LogP contribution in [0.25, 0.3) is 0 Å². The van der Waals surface area contributed by atoms with Crippen LogP contribution in [0.15, 0.2) is 24.3 Å². The zero-order valence-electron chi connectivity index (χ0n) is 13.5. The number of benzene rings is 1. The third-order valence-corrected chi connectivity index (χ3v) is 4.38. The lowest BCUT2D eigenvalue weighted by molar-refractivity contribution is -0.142. The van der Waals surface area contributed by atoms with Gasteiger partial charge in [-0.15, -0.1) is 0 Å². The fourth-order valence-electron chi connectivity index (χ4n) is 3.16. The Labute approximate surface area is 137 Å². The third kappa shape index (κ3) is 3.16. The number of halogens is 3. The van der Waals surface area contributed by atoms with E-state index in [0.717, 1.165) is 22.4 Å². The van der Waals surface area contributed by atoms with Gasteiger partial charge >= 0.3 is 6.18 Å². The first-order valence-electron chi connectivity index (χ1n) is 7.74. The van der Waals surface area contributed by atoms with Crippen molar-refractivity contribution in [2.75, 3.05) is 11.4 Å².